The standard InChI is InChI=1S/C18H34O/c1-5-6-7-8-9-10-13-18(3,4)16-12-11-15(2)14-17(16)19/h15-16H,5-14H2,1-4H3. The van der Waals surface area contributed by atoms with Crippen molar-refractivity contribution in [3.63, 3.8) is 0 Å². The minimum Gasteiger partial charge on any atom is -0.299 e. The van der Waals surface area contributed by atoms with E-state index < -0.39 is 0 Å². The summed E-state index contributed by atoms with van der Waals surface area (Å²) >= 11 is 0. The number of carbonyl (C=O) groups excluding carboxylic acids is 1. The molecule has 0 aliphatic heterocycles. The molecule has 0 saturated heterocycles. The number of rotatable bonds is 8. The van der Waals surface area contributed by atoms with Crippen LogP contribution in [-0.4, -0.2) is 5.78 Å². The third-order valence-electron chi connectivity index (χ3n) is 5.00. The largest absolute Gasteiger partial charge is 0.299 e. The summed E-state index contributed by atoms with van der Waals surface area (Å²) in [5, 5.41) is 0. The van der Waals surface area contributed by atoms with Gasteiger partial charge in [0, 0.05) is 12.3 Å². The predicted octanol–water partition coefficient (Wildman–Crippen LogP) is 5.77. The highest BCUT2D eigenvalue weighted by Crippen LogP contribution is 2.41. The molecule has 0 N–H and O–H groups in total. The molecule has 0 aromatic heterocycles. The maximum Gasteiger partial charge on any atom is 0.136 e. The molecule has 1 heteroatoms. The quantitative estimate of drug-likeness (QED) is 0.510. The van der Waals surface area contributed by atoms with Gasteiger partial charge in [0.15, 0.2) is 0 Å². The maximum atomic E-state index is 12.2. The Morgan fingerprint density at radius 3 is 2.32 bits per heavy atom. The van der Waals surface area contributed by atoms with Crippen LogP contribution in [0.1, 0.15) is 91.9 Å². The summed E-state index contributed by atoms with van der Waals surface area (Å²) in [5.74, 6) is 1.49. The van der Waals surface area contributed by atoms with Crippen molar-refractivity contribution in [2.75, 3.05) is 0 Å². The molecule has 1 fully saturated rings. The zero-order valence-electron chi connectivity index (χ0n) is 13.6. The Morgan fingerprint density at radius 2 is 1.68 bits per heavy atom. The van der Waals surface area contributed by atoms with Gasteiger partial charge >= 0.3 is 0 Å². The highest BCUT2D eigenvalue weighted by atomic mass is 16.1. The minimum absolute atomic E-state index is 0.224. The van der Waals surface area contributed by atoms with Crippen LogP contribution >= 0.6 is 0 Å². The molecular weight excluding hydrogens is 232 g/mol. The Morgan fingerprint density at radius 1 is 1.05 bits per heavy atom. The predicted molar refractivity (Wildman–Crippen MR) is 83.3 cm³/mol. The second-order valence-electron chi connectivity index (χ2n) is 7.41. The van der Waals surface area contributed by atoms with Gasteiger partial charge in [-0.3, -0.25) is 4.79 Å². The molecule has 0 radical (unpaired) electrons. The topological polar surface area (TPSA) is 17.1 Å². The molecule has 0 heterocycles. The van der Waals surface area contributed by atoms with Gasteiger partial charge in [0.2, 0.25) is 0 Å². The lowest BCUT2D eigenvalue weighted by Crippen LogP contribution is -2.35. The Bertz CT molecular complexity index is 267. The molecular formula is C18H34O. The molecule has 0 aromatic rings. The minimum atomic E-state index is 0.224. The van der Waals surface area contributed by atoms with Crippen molar-refractivity contribution in [2.45, 2.75) is 91.9 Å². The lowest BCUT2D eigenvalue weighted by atomic mass is 9.66. The molecule has 0 bridgehead atoms. The van der Waals surface area contributed by atoms with Gasteiger partial charge < -0.3 is 0 Å². The van der Waals surface area contributed by atoms with Gasteiger partial charge in [-0.1, -0.05) is 66.2 Å². The van der Waals surface area contributed by atoms with Crippen LogP contribution in [0.2, 0.25) is 0 Å². The first-order chi connectivity index (χ1) is 8.97. The molecule has 2 unspecified atom stereocenters. The summed E-state index contributed by atoms with van der Waals surface area (Å²) in [6.45, 7) is 9.11. The van der Waals surface area contributed by atoms with Crippen molar-refractivity contribution < 1.29 is 4.79 Å². The van der Waals surface area contributed by atoms with E-state index in [2.05, 4.69) is 27.7 Å². The van der Waals surface area contributed by atoms with E-state index in [1.54, 1.807) is 0 Å². The van der Waals surface area contributed by atoms with Crippen molar-refractivity contribution in [3.05, 3.63) is 0 Å². The maximum absolute atomic E-state index is 12.2. The summed E-state index contributed by atoms with van der Waals surface area (Å²) in [6.07, 6.45) is 12.5. The smallest absolute Gasteiger partial charge is 0.136 e. The van der Waals surface area contributed by atoms with Crippen molar-refractivity contribution >= 4 is 5.78 Å². The molecule has 2 atom stereocenters. The average molecular weight is 266 g/mol. The summed E-state index contributed by atoms with van der Waals surface area (Å²) in [4.78, 5) is 12.2. The highest BCUT2D eigenvalue weighted by Gasteiger charge is 2.37. The molecule has 1 aliphatic carbocycles. The van der Waals surface area contributed by atoms with Gasteiger partial charge in [0.1, 0.15) is 5.78 Å². The fraction of sp³-hybridized carbons (Fsp3) is 0.944. The van der Waals surface area contributed by atoms with E-state index in [0.717, 1.165) is 12.8 Å². The van der Waals surface area contributed by atoms with E-state index in [9.17, 15) is 4.79 Å². The Hall–Kier alpha value is -0.330. The van der Waals surface area contributed by atoms with Crippen molar-refractivity contribution in [1.82, 2.24) is 0 Å². The van der Waals surface area contributed by atoms with E-state index in [-0.39, 0.29) is 5.41 Å². The SMILES string of the molecule is CCCCCCCCC(C)(C)C1CCC(C)CC1=O. The van der Waals surface area contributed by atoms with E-state index >= 15 is 0 Å². The first-order valence-corrected chi connectivity index (χ1v) is 8.50. The molecule has 1 saturated carbocycles. The van der Waals surface area contributed by atoms with Gasteiger partial charge in [-0.2, -0.15) is 0 Å². The van der Waals surface area contributed by atoms with Gasteiger partial charge in [-0.25, -0.2) is 0 Å². The highest BCUT2D eigenvalue weighted by molar-refractivity contribution is 5.82. The number of carbonyl (C=O) groups is 1. The molecule has 112 valence electrons. The molecule has 1 nitrogen and oxygen atoms in total. The van der Waals surface area contributed by atoms with Gasteiger partial charge in [0.05, 0.1) is 0 Å². The number of hydrogen-bond donors (Lipinski definition) is 0. The van der Waals surface area contributed by atoms with E-state index in [1.807, 2.05) is 0 Å². The monoisotopic (exact) mass is 266 g/mol. The molecule has 0 spiro atoms. The molecule has 19 heavy (non-hydrogen) atoms. The fourth-order valence-corrected chi connectivity index (χ4v) is 3.56. The summed E-state index contributed by atoms with van der Waals surface area (Å²) in [7, 11) is 0. The van der Waals surface area contributed by atoms with Crippen LogP contribution in [0.5, 0.6) is 0 Å². The first-order valence-electron chi connectivity index (χ1n) is 8.50. The van der Waals surface area contributed by atoms with E-state index in [4.69, 9.17) is 0 Å². The third-order valence-corrected chi connectivity index (χ3v) is 5.00. The second kappa shape index (κ2) is 8.07. The lowest BCUT2D eigenvalue weighted by molar-refractivity contribution is -0.130. The third kappa shape index (κ3) is 5.67. The van der Waals surface area contributed by atoms with Crippen LogP contribution in [0.3, 0.4) is 0 Å². The van der Waals surface area contributed by atoms with Crippen molar-refractivity contribution in [2.24, 2.45) is 17.3 Å². The van der Waals surface area contributed by atoms with E-state index in [0.29, 0.717) is 17.6 Å². The zero-order valence-corrected chi connectivity index (χ0v) is 13.6. The summed E-state index contributed by atoms with van der Waals surface area (Å²) < 4.78 is 0. The van der Waals surface area contributed by atoms with Crippen LogP contribution in [0, 0.1) is 17.3 Å². The van der Waals surface area contributed by atoms with Crippen LogP contribution in [0.4, 0.5) is 0 Å². The Balaban J connectivity index is 2.28. The van der Waals surface area contributed by atoms with Crippen LogP contribution < -0.4 is 0 Å². The van der Waals surface area contributed by atoms with Crippen LogP contribution in [0.25, 0.3) is 0 Å². The fourth-order valence-electron chi connectivity index (χ4n) is 3.56. The Kier molecular flexibility index (Phi) is 7.10. The summed E-state index contributed by atoms with van der Waals surface area (Å²) in [5.41, 5.74) is 0.224. The molecule has 0 aromatic carbocycles. The number of Topliss-reactive ketones (excluding diaryl/α,β-unsaturated/α-hetero) is 1. The Labute approximate surface area is 120 Å². The van der Waals surface area contributed by atoms with Crippen molar-refractivity contribution in [3.8, 4) is 0 Å². The second-order valence-corrected chi connectivity index (χ2v) is 7.41. The molecule has 1 rings (SSSR count). The zero-order chi connectivity index (χ0) is 14.3. The van der Waals surface area contributed by atoms with Crippen LogP contribution in [0.15, 0.2) is 0 Å². The molecule has 1 aliphatic rings. The number of unbranched alkanes of at least 4 members (excludes halogenated alkanes) is 5. The van der Waals surface area contributed by atoms with E-state index in [1.165, 1.54) is 51.4 Å². The van der Waals surface area contributed by atoms with Crippen LogP contribution in [-0.2, 0) is 4.79 Å². The average Bonchev–Trinajstić information content (AvgIpc) is 2.33. The van der Waals surface area contributed by atoms with Gasteiger partial charge in [0.25, 0.3) is 0 Å². The van der Waals surface area contributed by atoms with Crippen molar-refractivity contribution in [1.29, 1.82) is 0 Å². The lowest BCUT2D eigenvalue weighted by Gasteiger charge is -2.37. The van der Waals surface area contributed by atoms with Gasteiger partial charge in [-0.15, -0.1) is 0 Å². The number of ketones is 1. The normalized spacial score (nSPS) is 24.7. The summed E-state index contributed by atoms with van der Waals surface area (Å²) in [6, 6.07) is 0. The first kappa shape index (κ1) is 16.7. The van der Waals surface area contributed by atoms with Gasteiger partial charge in [-0.05, 0) is 30.6 Å². The number of hydrogen-bond acceptors (Lipinski definition) is 1. The molecule has 0 amide bonds.